The number of carbonyl (C=O) groups excluding carboxylic acids is 1. The Kier molecular flexibility index (Phi) is 4.52. The average molecular weight is 295 g/mol. The molecule has 0 spiro atoms. The second-order valence-electron chi connectivity index (χ2n) is 5.34. The molecule has 1 saturated heterocycles. The lowest BCUT2D eigenvalue weighted by Gasteiger charge is -2.39. The highest BCUT2D eigenvalue weighted by Crippen LogP contribution is 2.26. The number of hydrogen-bond donors (Lipinski definition) is 1. The fourth-order valence-corrected chi connectivity index (χ4v) is 2.81. The van der Waals surface area contributed by atoms with Crippen LogP contribution in [-0.2, 0) is 0 Å². The molecular weight excluding hydrogens is 277 g/mol. The van der Waals surface area contributed by atoms with Crippen molar-refractivity contribution in [2.75, 3.05) is 13.1 Å². The molecule has 1 aromatic carbocycles. The summed E-state index contributed by atoms with van der Waals surface area (Å²) >= 11 is 0. The number of likely N-dealkylation sites (tertiary alicyclic amines) is 1. The fraction of sp³-hybridized carbons (Fsp3) is 0.500. The molecule has 6 nitrogen and oxygen atoms in total. The first-order valence-electron chi connectivity index (χ1n) is 6.90. The van der Waals surface area contributed by atoms with E-state index in [2.05, 4.69) is 0 Å². The number of benzene rings is 1. The van der Waals surface area contributed by atoms with E-state index in [4.69, 9.17) is 5.73 Å². The van der Waals surface area contributed by atoms with Gasteiger partial charge in [0.2, 0.25) is 0 Å². The van der Waals surface area contributed by atoms with Gasteiger partial charge in [0.15, 0.2) is 0 Å². The highest BCUT2D eigenvalue weighted by atomic mass is 19.1. The zero-order valence-corrected chi connectivity index (χ0v) is 11.8. The zero-order chi connectivity index (χ0) is 15.6. The van der Waals surface area contributed by atoms with Gasteiger partial charge in [0.1, 0.15) is 5.82 Å². The van der Waals surface area contributed by atoms with Gasteiger partial charge >= 0.3 is 0 Å². The monoisotopic (exact) mass is 295 g/mol. The smallest absolute Gasteiger partial charge is 0.272 e. The number of halogens is 1. The Morgan fingerprint density at radius 2 is 2.29 bits per heavy atom. The molecule has 1 aliphatic heterocycles. The Hall–Kier alpha value is -2.02. The second kappa shape index (κ2) is 6.17. The first-order valence-corrected chi connectivity index (χ1v) is 6.90. The Morgan fingerprint density at radius 3 is 2.86 bits per heavy atom. The minimum Gasteiger partial charge on any atom is -0.334 e. The highest BCUT2D eigenvalue weighted by Gasteiger charge is 2.32. The van der Waals surface area contributed by atoms with Crippen LogP contribution in [0.2, 0.25) is 0 Å². The van der Waals surface area contributed by atoms with Crippen molar-refractivity contribution in [1.82, 2.24) is 4.90 Å². The molecule has 21 heavy (non-hydrogen) atoms. The van der Waals surface area contributed by atoms with Gasteiger partial charge in [-0.25, -0.2) is 4.39 Å². The summed E-state index contributed by atoms with van der Waals surface area (Å²) in [6, 6.07) is 2.96. The lowest BCUT2D eigenvalue weighted by molar-refractivity contribution is -0.385. The summed E-state index contributed by atoms with van der Waals surface area (Å²) in [5.74, 6) is -1.07. The van der Waals surface area contributed by atoms with Crippen LogP contribution in [0.4, 0.5) is 10.1 Å². The van der Waals surface area contributed by atoms with Crippen molar-refractivity contribution in [2.45, 2.75) is 25.8 Å². The first kappa shape index (κ1) is 15.4. The van der Waals surface area contributed by atoms with Crippen LogP contribution in [0, 0.1) is 21.8 Å². The molecule has 0 aliphatic carbocycles. The van der Waals surface area contributed by atoms with Gasteiger partial charge < -0.3 is 10.6 Å². The van der Waals surface area contributed by atoms with Gasteiger partial charge in [-0.2, -0.15) is 0 Å². The summed E-state index contributed by atoms with van der Waals surface area (Å²) in [5, 5.41) is 10.6. The van der Waals surface area contributed by atoms with Crippen molar-refractivity contribution in [2.24, 2.45) is 11.7 Å². The molecule has 1 heterocycles. The molecule has 2 atom stereocenters. The molecule has 1 aromatic rings. The number of nitrogens with zero attached hydrogens (tertiary/aromatic N) is 2. The number of nitrogens with two attached hydrogens (primary N) is 1. The standard InChI is InChI=1S/C14H18FN3O3/c1-9-3-2-6-17(13(9)8-16)14(19)11-5-4-10(18(20)21)7-12(11)15/h4-5,7,9,13H,2-3,6,8,16H2,1H3. The van der Waals surface area contributed by atoms with Crippen LogP contribution in [0.1, 0.15) is 30.1 Å². The van der Waals surface area contributed by atoms with Crippen LogP contribution in [0.15, 0.2) is 18.2 Å². The van der Waals surface area contributed by atoms with Crippen LogP contribution in [0.3, 0.4) is 0 Å². The molecule has 1 fully saturated rings. The molecule has 114 valence electrons. The van der Waals surface area contributed by atoms with E-state index in [0.29, 0.717) is 13.1 Å². The molecule has 0 radical (unpaired) electrons. The first-order chi connectivity index (χ1) is 9.95. The van der Waals surface area contributed by atoms with Crippen molar-refractivity contribution >= 4 is 11.6 Å². The number of non-ortho nitro benzene ring substituents is 1. The summed E-state index contributed by atoms with van der Waals surface area (Å²) in [6.45, 7) is 2.87. The molecule has 2 rings (SSSR count). The van der Waals surface area contributed by atoms with Gasteiger partial charge in [-0.1, -0.05) is 6.92 Å². The Morgan fingerprint density at radius 1 is 1.57 bits per heavy atom. The Labute approximate surface area is 121 Å². The van der Waals surface area contributed by atoms with Gasteiger partial charge in [0.25, 0.3) is 11.6 Å². The molecule has 0 aromatic heterocycles. The maximum Gasteiger partial charge on any atom is 0.272 e. The maximum atomic E-state index is 14.0. The molecule has 2 N–H and O–H groups in total. The van der Waals surface area contributed by atoms with Gasteiger partial charge in [-0.15, -0.1) is 0 Å². The van der Waals surface area contributed by atoms with Crippen molar-refractivity contribution in [3.63, 3.8) is 0 Å². The van der Waals surface area contributed by atoms with Crippen LogP contribution in [0.5, 0.6) is 0 Å². The maximum absolute atomic E-state index is 14.0. The summed E-state index contributed by atoms with van der Waals surface area (Å²) in [4.78, 5) is 24.0. The minimum absolute atomic E-state index is 0.124. The normalized spacial score (nSPS) is 22.1. The van der Waals surface area contributed by atoms with Gasteiger partial charge in [0.05, 0.1) is 16.6 Å². The number of piperidine rings is 1. The van der Waals surface area contributed by atoms with Crippen molar-refractivity contribution < 1.29 is 14.1 Å². The van der Waals surface area contributed by atoms with Gasteiger partial charge in [0, 0.05) is 25.2 Å². The number of nitro groups is 1. The Balaban J connectivity index is 2.28. The third kappa shape index (κ3) is 3.02. The SMILES string of the molecule is CC1CCCN(C(=O)c2ccc([N+](=O)[O-])cc2F)C1CN. The number of nitro benzene ring substituents is 1. The molecule has 0 bridgehead atoms. The van der Waals surface area contributed by atoms with Crippen LogP contribution >= 0.6 is 0 Å². The average Bonchev–Trinajstić information content (AvgIpc) is 2.46. The topological polar surface area (TPSA) is 89.5 Å². The number of carbonyl (C=O) groups is 1. The minimum atomic E-state index is -0.872. The third-order valence-electron chi connectivity index (χ3n) is 4.01. The molecule has 0 saturated carbocycles. The number of rotatable bonds is 3. The van der Waals surface area contributed by atoms with E-state index in [9.17, 15) is 19.3 Å². The van der Waals surface area contributed by atoms with Crippen molar-refractivity contribution in [3.05, 3.63) is 39.7 Å². The fourth-order valence-electron chi connectivity index (χ4n) is 2.81. The lowest BCUT2D eigenvalue weighted by atomic mass is 9.90. The largest absolute Gasteiger partial charge is 0.334 e. The van der Waals surface area contributed by atoms with E-state index in [1.807, 2.05) is 6.92 Å². The van der Waals surface area contributed by atoms with E-state index in [-0.39, 0.29) is 23.2 Å². The van der Waals surface area contributed by atoms with E-state index < -0.39 is 16.6 Å². The van der Waals surface area contributed by atoms with Gasteiger partial charge in [-0.3, -0.25) is 14.9 Å². The van der Waals surface area contributed by atoms with E-state index in [0.717, 1.165) is 25.0 Å². The van der Waals surface area contributed by atoms with E-state index in [1.54, 1.807) is 4.90 Å². The van der Waals surface area contributed by atoms with E-state index >= 15 is 0 Å². The number of hydrogen-bond acceptors (Lipinski definition) is 4. The highest BCUT2D eigenvalue weighted by molar-refractivity contribution is 5.95. The molecular formula is C14H18FN3O3. The van der Waals surface area contributed by atoms with Crippen molar-refractivity contribution in [1.29, 1.82) is 0 Å². The van der Waals surface area contributed by atoms with E-state index in [1.165, 1.54) is 6.07 Å². The third-order valence-corrected chi connectivity index (χ3v) is 4.01. The molecule has 1 amide bonds. The molecule has 1 aliphatic rings. The van der Waals surface area contributed by atoms with Crippen LogP contribution in [-0.4, -0.2) is 34.9 Å². The predicted octanol–water partition coefficient (Wildman–Crippen LogP) is 1.93. The summed E-state index contributed by atoms with van der Waals surface area (Å²) in [5.41, 5.74) is 5.21. The summed E-state index contributed by atoms with van der Waals surface area (Å²) in [6.07, 6.45) is 1.83. The predicted molar refractivity (Wildman–Crippen MR) is 75.3 cm³/mol. The number of amides is 1. The quantitative estimate of drug-likeness (QED) is 0.681. The lowest BCUT2D eigenvalue weighted by Crippen LogP contribution is -2.51. The van der Waals surface area contributed by atoms with Crippen LogP contribution < -0.4 is 5.73 Å². The molecule has 7 heteroatoms. The van der Waals surface area contributed by atoms with Crippen LogP contribution in [0.25, 0.3) is 0 Å². The molecule has 2 unspecified atom stereocenters. The second-order valence-corrected chi connectivity index (χ2v) is 5.34. The zero-order valence-electron chi connectivity index (χ0n) is 11.8. The van der Waals surface area contributed by atoms with Gasteiger partial charge in [-0.05, 0) is 24.8 Å². The summed E-state index contributed by atoms with van der Waals surface area (Å²) < 4.78 is 14.0. The Bertz CT molecular complexity index is 564. The van der Waals surface area contributed by atoms with Crippen molar-refractivity contribution in [3.8, 4) is 0 Å². The summed E-state index contributed by atoms with van der Waals surface area (Å²) in [7, 11) is 0.